The van der Waals surface area contributed by atoms with Crippen molar-refractivity contribution in [1.29, 1.82) is 0 Å². The second kappa shape index (κ2) is 12.5. The van der Waals surface area contributed by atoms with Crippen molar-refractivity contribution in [3.63, 3.8) is 0 Å². The van der Waals surface area contributed by atoms with E-state index in [1.54, 1.807) is 4.90 Å². The Hall–Kier alpha value is -1.56. The molecule has 2 fully saturated rings. The predicted octanol–water partition coefficient (Wildman–Crippen LogP) is 3.43. The number of nitrogens with one attached hydrogen (secondary N) is 1. The van der Waals surface area contributed by atoms with Crippen molar-refractivity contribution in [2.24, 2.45) is 5.92 Å². The van der Waals surface area contributed by atoms with Gasteiger partial charge in [0.15, 0.2) is 0 Å². The third kappa shape index (κ3) is 6.71. The number of carbonyl (C=O) groups is 2. The fourth-order valence-corrected chi connectivity index (χ4v) is 5.29. The molecule has 0 spiro atoms. The van der Waals surface area contributed by atoms with Crippen LogP contribution in [-0.4, -0.2) is 60.3 Å². The molecular weight excluding hydrogens is 439 g/mol. The molecule has 1 saturated heterocycles. The van der Waals surface area contributed by atoms with Crippen LogP contribution in [-0.2, 0) is 29.3 Å². The number of likely N-dealkylation sites (tertiary alicyclic amines) is 1. The Balaban J connectivity index is 1.62. The van der Waals surface area contributed by atoms with Gasteiger partial charge in [0.05, 0.1) is 0 Å². The third-order valence-electron chi connectivity index (χ3n) is 6.29. The van der Waals surface area contributed by atoms with Gasteiger partial charge in [-0.25, -0.2) is 0 Å². The van der Waals surface area contributed by atoms with Gasteiger partial charge in [0, 0.05) is 0 Å². The van der Waals surface area contributed by atoms with Crippen molar-refractivity contribution in [1.82, 2.24) is 10.2 Å². The summed E-state index contributed by atoms with van der Waals surface area (Å²) in [5.74, 6) is 0.616. The molecule has 1 unspecified atom stereocenters. The topological polar surface area (TPSA) is 67.9 Å². The first-order chi connectivity index (χ1) is 15.1. The monoisotopic (exact) mass is 472 g/mol. The first-order valence-corrected chi connectivity index (χ1v) is 11.9. The van der Waals surface area contributed by atoms with E-state index in [1.807, 2.05) is 6.92 Å². The van der Waals surface area contributed by atoms with Gasteiger partial charge in [-0.1, -0.05) is 0 Å². The molecule has 1 N–H and O–H groups in total. The quantitative estimate of drug-likeness (QED) is 0.339. The van der Waals surface area contributed by atoms with Crippen LogP contribution in [0.15, 0.2) is 30.3 Å². The zero-order chi connectivity index (χ0) is 22.1. The molecule has 0 radical (unpaired) electrons. The molecule has 6 nitrogen and oxygen atoms in total. The Morgan fingerprint density at radius 2 is 1.94 bits per heavy atom. The fraction of sp³-hybridized carbons (Fsp3) is 0.625. The summed E-state index contributed by atoms with van der Waals surface area (Å²) in [4.78, 5) is 25.2. The number of nitrogens with zero attached hydrogens (tertiary/aromatic N) is 1. The molecule has 7 heteroatoms. The number of hydrogen-bond donors (Lipinski definition) is 1. The summed E-state index contributed by atoms with van der Waals surface area (Å²) in [5.41, 5.74) is 1.40. The molecule has 1 aliphatic carbocycles. The zero-order valence-corrected chi connectivity index (χ0v) is 19.2. The minimum absolute atomic E-state index is 0.0423. The van der Waals surface area contributed by atoms with Gasteiger partial charge in [-0.15, -0.1) is 0 Å². The molecule has 1 aliphatic heterocycles. The van der Waals surface area contributed by atoms with Gasteiger partial charge in [0.2, 0.25) is 0 Å². The number of rotatable bonds is 9. The van der Waals surface area contributed by atoms with E-state index in [0.717, 1.165) is 44.8 Å². The van der Waals surface area contributed by atoms with Crippen molar-refractivity contribution in [2.45, 2.75) is 63.5 Å². The maximum atomic E-state index is 12.7. The minimum atomic E-state index is -0.293. The first kappa shape index (κ1) is 24.1. The molecule has 31 heavy (non-hydrogen) atoms. The first-order valence-electron chi connectivity index (χ1n) is 11.4. The standard InChI is InChI=1S/C24H34N2O4.Ni/c1-2-25-24(28)26-14-6-9-21(17-29-16-15-27)23(26)18-30-22-12-10-20(11-13-22)19-7-4-3-5-8-19;/h3-5,7-8,15,20-23H,2,6,9-14,16-17H2,1H3,(H,25,28);/t20?,21?,22?,23-;/m1./s1. The average Bonchev–Trinajstić information content (AvgIpc) is 2.80. The van der Waals surface area contributed by atoms with Gasteiger partial charge in [0.1, 0.15) is 0 Å². The molecule has 0 bridgehead atoms. The van der Waals surface area contributed by atoms with Crippen LogP contribution in [0.1, 0.15) is 56.9 Å². The number of ether oxygens (including phenoxy) is 2. The summed E-state index contributed by atoms with van der Waals surface area (Å²) in [6, 6.07) is 10.3. The Morgan fingerprint density at radius 3 is 2.61 bits per heavy atom. The number of carbonyl (C=O) groups excluding carboxylic acids is 2. The number of amides is 2. The van der Waals surface area contributed by atoms with Crippen LogP contribution in [0.5, 0.6) is 0 Å². The number of urea groups is 1. The van der Waals surface area contributed by atoms with E-state index in [2.05, 4.69) is 35.6 Å². The molecule has 2 atom stereocenters. The van der Waals surface area contributed by atoms with Crippen LogP contribution < -0.4 is 5.32 Å². The van der Waals surface area contributed by atoms with Crippen LogP contribution in [0.3, 0.4) is 0 Å². The van der Waals surface area contributed by atoms with Crippen LogP contribution in [0.25, 0.3) is 0 Å². The van der Waals surface area contributed by atoms with E-state index in [0.29, 0.717) is 30.3 Å². The molecule has 1 saturated carbocycles. The number of benzene rings is 1. The van der Waals surface area contributed by atoms with Crippen LogP contribution >= 0.6 is 0 Å². The number of hydrogen-bond acceptors (Lipinski definition) is 4. The molecular formula is C24H34N2NiO4. The molecule has 3 rings (SSSR count). The van der Waals surface area contributed by atoms with Gasteiger partial charge < -0.3 is 0 Å². The second-order valence-electron chi connectivity index (χ2n) is 8.36. The Bertz CT molecular complexity index is 722. The second-order valence-corrected chi connectivity index (χ2v) is 8.84. The molecule has 1 heterocycles. The molecule has 0 aromatic heterocycles. The summed E-state index contributed by atoms with van der Waals surface area (Å²) in [7, 11) is 0. The molecule has 2 amide bonds. The van der Waals surface area contributed by atoms with Gasteiger partial charge in [0.25, 0.3) is 0 Å². The van der Waals surface area contributed by atoms with Crippen molar-refractivity contribution < 1.29 is 34.1 Å². The fourth-order valence-electron chi connectivity index (χ4n) is 4.74. The van der Waals surface area contributed by atoms with E-state index in [1.165, 1.54) is 5.56 Å². The summed E-state index contributed by atoms with van der Waals surface area (Å²) in [6.07, 6.45) is 6.73. The summed E-state index contributed by atoms with van der Waals surface area (Å²) >= 11 is 5.37. The molecule has 2 aliphatic rings. The van der Waals surface area contributed by atoms with Crippen LogP contribution in [0.2, 0.25) is 0 Å². The van der Waals surface area contributed by atoms with Crippen molar-refractivity contribution in [2.75, 3.05) is 26.3 Å². The maximum absolute atomic E-state index is 12.7. The predicted molar refractivity (Wildman–Crippen MR) is 117 cm³/mol. The van der Waals surface area contributed by atoms with Crippen LogP contribution in [0.4, 0.5) is 4.79 Å². The summed E-state index contributed by atoms with van der Waals surface area (Å²) in [5, 5.41) is 2.89. The van der Waals surface area contributed by atoms with Crippen molar-refractivity contribution in [3.05, 3.63) is 35.9 Å². The van der Waals surface area contributed by atoms with Gasteiger partial charge in [-0.05, 0) is 0 Å². The van der Waals surface area contributed by atoms with E-state index in [9.17, 15) is 9.59 Å². The van der Waals surface area contributed by atoms with E-state index >= 15 is 0 Å². The number of aldehydes is 1. The summed E-state index contributed by atoms with van der Waals surface area (Å²) in [6.45, 7) is 3.58. The van der Waals surface area contributed by atoms with Crippen molar-refractivity contribution in [3.8, 4) is 0 Å². The Morgan fingerprint density at radius 1 is 1.19 bits per heavy atom. The Labute approximate surface area is 193 Å². The third-order valence-corrected chi connectivity index (χ3v) is 6.70. The molecule has 174 valence electrons. The van der Waals surface area contributed by atoms with Crippen molar-refractivity contribution >= 4 is 17.0 Å². The normalized spacial score (nSPS) is 26.4. The Kier molecular flexibility index (Phi) is 9.69. The van der Waals surface area contributed by atoms with E-state index in [4.69, 9.17) is 24.5 Å². The zero-order valence-electron chi connectivity index (χ0n) is 18.2. The SMILES string of the molecule is CCNC(=O)N1CCCC(COCC=O)[C@H]1[C](=[Ni])OC1CCC(c2ccccc2)CC1. The number of piperidine rings is 1. The average molecular weight is 473 g/mol. The van der Waals surface area contributed by atoms with Gasteiger partial charge in [-0.3, -0.25) is 0 Å². The van der Waals surface area contributed by atoms with E-state index < -0.39 is 0 Å². The van der Waals surface area contributed by atoms with Gasteiger partial charge in [-0.2, -0.15) is 0 Å². The molecule has 1 aromatic rings. The molecule has 1 aromatic carbocycles. The summed E-state index contributed by atoms with van der Waals surface area (Å²) < 4.78 is 12.3. The van der Waals surface area contributed by atoms with Gasteiger partial charge >= 0.3 is 193 Å². The van der Waals surface area contributed by atoms with E-state index in [-0.39, 0.29) is 30.7 Å². The van der Waals surface area contributed by atoms with Crippen LogP contribution in [0, 0.1) is 5.92 Å².